The van der Waals surface area contributed by atoms with Crippen LogP contribution in [0.5, 0.6) is 5.75 Å². The molecule has 2 N–H and O–H groups in total. The number of nitriles is 1. The summed E-state index contributed by atoms with van der Waals surface area (Å²) in [4.78, 5) is 16.4. The Balaban J connectivity index is 0.0000110. The lowest BCUT2D eigenvalue weighted by Gasteiger charge is -2.11. The molecule has 1 aromatic carbocycles. The molecule has 1 aromatic heterocycles. The highest BCUT2D eigenvalue weighted by Crippen LogP contribution is 2.28. The first kappa shape index (κ1) is 42.6. The van der Waals surface area contributed by atoms with E-state index in [4.69, 9.17) is 44.8 Å². The molecule has 0 aliphatic heterocycles. The van der Waals surface area contributed by atoms with Crippen molar-refractivity contribution in [2.75, 3.05) is 78.4 Å². The van der Waals surface area contributed by atoms with Crippen molar-refractivity contribution in [2.45, 2.75) is 32.4 Å². The molecule has 1 heterocycles. The average molecular weight is 830 g/mol. The Morgan fingerprint density at radius 3 is 2.09 bits per heavy atom. The molecule has 0 unspecified atom stereocenters. The van der Waals surface area contributed by atoms with Crippen LogP contribution in [0, 0.1) is 11.5 Å². The molecule has 0 fully saturated rings. The minimum Gasteiger partial charge on any atom is -1.00 e. The number of aromatic nitrogens is 1. The largest absolute Gasteiger partial charge is 1.00 e. The van der Waals surface area contributed by atoms with Crippen molar-refractivity contribution >= 4 is 61.3 Å². The van der Waals surface area contributed by atoms with Crippen molar-refractivity contribution < 1.29 is 54.9 Å². The number of rotatable bonds is 23. The zero-order chi connectivity index (χ0) is 33.2. The number of carbonyl (C=O) groups excluding carboxylic acids is 1. The standard InChI is InChI=1S/C30H40Br2ClN5O8.ClH/c1-40-12-13-41-14-15-42-16-17-43-18-19-45-30(39)46-23-38-20-26(31)28(27(32)21-38)37-29(36-22-34)35-10-4-2-3-5-11-44-25-8-6-24(33)7-9-25;/h6-9,20-21H,2-5,10-19,23H2,1H3,(H,35,36);1H. The fourth-order valence-corrected chi connectivity index (χ4v) is 5.11. The van der Waals surface area contributed by atoms with Gasteiger partial charge >= 0.3 is 6.16 Å². The second kappa shape index (κ2) is 27.5. The lowest BCUT2D eigenvalue weighted by atomic mass is 10.2. The zero-order valence-corrected chi connectivity index (χ0v) is 30.9. The summed E-state index contributed by atoms with van der Waals surface area (Å²) < 4.78 is 39.7. The molecule has 2 rings (SSSR count). The van der Waals surface area contributed by atoms with Gasteiger partial charge in [-0.2, -0.15) is 9.83 Å². The van der Waals surface area contributed by atoms with Gasteiger partial charge in [-0.25, -0.2) is 4.79 Å². The molecule has 262 valence electrons. The first-order chi connectivity index (χ1) is 22.4. The summed E-state index contributed by atoms with van der Waals surface area (Å²) in [5.74, 6) is 1.12. The number of unbranched alkanes of at least 4 members (excludes halogenated alkanes) is 3. The Morgan fingerprint density at radius 1 is 0.872 bits per heavy atom. The highest BCUT2D eigenvalue weighted by molar-refractivity contribution is 9.11. The fourth-order valence-electron chi connectivity index (χ4n) is 3.56. The van der Waals surface area contributed by atoms with Crippen LogP contribution in [0.25, 0.3) is 0 Å². The summed E-state index contributed by atoms with van der Waals surface area (Å²) in [7, 11) is 1.62. The van der Waals surface area contributed by atoms with Gasteiger partial charge in [0.25, 0.3) is 6.73 Å². The number of methoxy groups -OCH3 is 1. The molecule has 17 heteroatoms. The number of aliphatic imine (C=N–C) groups is 1. The maximum atomic E-state index is 12.0. The molecule has 0 aliphatic rings. The normalized spacial score (nSPS) is 10.9. The van der Waals surface area contributed by atoms with E-state index in [0.29, 0.717) is 78.4 Å². The zero-order valence-electron chi connectivity index (χ0n) is 26.2. The molecule has 13 nitrogen and oxygen atoms in total. The lowest BCUT2D eigenvalue weighted by Crippen LogP contribution is -3.00. The summed E-state index contributed by atoms with van der Waals surface area (Å²) in [6.45, 7) is 4.17. The minimum absolute atomic E-state index is 0. The number of nitrogens with zero attached hydrogens (tertiary/aromatic N) is 3. The minimum atomic E-state index is -0.822. The Morgan fingerprint density at radius 2 is 1.47 bits per heavy atom. The van der Waals surface area contributed by atoms with Gasteiger partial charge in [0.15, 0.2) is 18.6 Å². The fraction of sp³-hybridized carbons (Fsp3) is 0.533. The summed E-state index contributed by atoms with van der Waals surface area (Å²) >= 11 is 12.9. The van der Waals surface area contributed by atoms with Crippen LogP contribution in [-0.2, 0) is 35.2 Å². The Labute approximate surface area is 303 Å². The topological polar surface area (TPSA) is 146 Å². The Kier molecular flexibility index (Phi) is 24.9. The molecule has 0 saturated carbocycles. The van der Waals surface area contributed by atoms with Crippen LogP contribution in [0.2, 0.25) is 5.02 Å². The highest BCUT2D eigenvalue weighted by atomic mass is 79.9. The molecular weight excluding hydrogens is 789 g/mol. The van der Waals surface area contributed by atoms with Gasteiger partial charge in [0.05, 0.1) is 58.5 Å². The molecule has 0 radical (unpaired) electrons. The van der Waals surface area contributed by atoms with Crippen LogP contribution in [0.1, 0.15) is 25.7 Å². The van der Waals surface area contributed by atoms with Crippen molar-refractivity contribution in [2.24, 2.45) is 4.99 Å². The second-order valence-corrected chi connectivity index (χ2v) is 11.5. The third kappa shape index (κ3) is 20.5. The van der Waals surface area contributed by atoms with Gasteiger partial charge in [-0.05, 0) is 75.4 Å². The quantitative estimate of drug-likeness (QED) is 0.0324. The summed E-state index contributed by atoms with van der Waals surface area (Å²) in [5.41, 5.74) is 0.638. The van der Waals surface area contributed by atoms with Gasteiger partial charge in [0.1, 0.15) is 21.3 Å². The van der Waals surface area contributed by atoms with Gasteiger partial charge < -0.3 is 50.9 Å². The highest BCUT2D eigenvalue weighted by Gasteiger charge is 2.16. The predicted molar refractivity (Wildman–Crippen MR) is 179 cm³/mol. The van der Waals surface area contributed by atoms with Gasteiger partial charge in [-0.3, -0.25) is 10.3 Å². The van der Waals surface area contributed by atoms with Crippen molar-refractivity contribution in [1.82, 2.24) is 5.32 Å². The number of carbonyl (C=O) groups is 1. The van der Waals surface area contributed by atoms with Gasteiger partial charge in [0, 0.05) is 18.7 Å². The number of ether oxygens (including phenoxy) is 7. The van der Waals surface area contributed by atoms with Crippen molar-refractivity contribution in [3.05, 3.63) is 50.6 Å². The van der Waals surface area contributed by atoms with Crippen LogP contribution in [0.3, 0.4) is 0 Å². The van der Waals surface area contributed by atoms with Crippen LogP contribution in [0.4, 0.5) is 10.5 Å². The van der Waals surface area contributed by atoms with E-state index >= 15 is 0 Å². The van der Waals surface area contributed by atoms with Crippen LogP contribution in [-0.4, -0.2) is 85.2 Å². The number of hydrogen-bond donors (Lipinski definition) is 2. The molecule has 0 saturated heterocycles. The summed E-state index contributed by atoms with van der Waals surface area (Å²) in [6, 6.07) is 7.31. The van der Waals surface area contributed by atoms with E-state index in [1.54, 1.807) is 36.2 Å². The third-order valence-electron chi connectivity index (χ3n) is 5.81. The van der Waals surface area contributed by atoms with Crippen LogP contribution in [0.15, 0.2) is 50.6 Å². The maximum Gasteiger partial charge on any atom is 0.513 e. The van der Waals surface area contributed by atoms with E-state index in [2.05, 4.69) is 47.5 Å². The number of anilines is 1. The number of pyridine rings is 1. The van der Waals surface area contributed by atoms with Gasteiger partial charge in [0.2, 0.25) is 5.96 Å². The first-order valence-corrected chi connectivity index (χ1v) is 16.6. The van der Waals surface area contributed by atoms with Crippen molar-refractivity contribution in [3.8, 4) is 11.9 Å². The average Bonchev–Trinajstić information content (AvgIpc) is 3.04. The van der Waals surface area contributed by atoms with Gasteiger partial charge in [-0.15, -0.1) is 0 Å². The molecule has 0 spiro atoms. The molecular formula is C30H41Br2Cl2N5O8. The van der Waals surface area contributed by atoms with Crippen molar-refractivity contribution in [1.29, 1.82) is 5.26 Å². The SMILES string of the molecule is COCCOCCOCCOCCOC(=O)OC[n+]1cc(Br)c(NC(=NCCCCCCOc2ccc(Cl)cc2)NC#N)c(Br)c1.[Cl-]. The second-order valence-electron chi connectivity index (χ2n) is 9.35. The molecule has 0 aliphatic carbocycles. The number of benzene rings is 1. The number of halogens is 4. The van der Waals surface area contributed by atoms with E-state index in [1.165, 1.54) is 0 Å². The predicted octanol–water partition coefficient (Wildman–Crippen LogP) is 2.44. The third-order valence-corrected chi connectivity index (χ3v) is 7.27. The van der Waals surface area contributed by atoms with E-state index in [-0.39, 0.29) is 32.4 Å². The number of nitrogens with one attached hydrogen (secondary N) is 2. The Bertz CT molecular complexity index is 1200. The lowest BCUT2D eigenvalue weighted by molar-refractivity contribution is -0.728. The summed E-state index contributed by atoms with van der Waals surface area (Å²) in [5, 5.41) is 15.6. The molecule has 47 heavy (non-hydrogen) atoms. The van der Waals surface area contributed by atoms with Gasteiger partial charge in [-0.1, -0.05) is 18.0 Å². The van der Waals surface area contributed by atoms with E-state index < -0.39 is 6.16 Å². The van der Waals surface area contributed by atoms with Crippen LogP contribution < -0.4 is 32.3 Å². The van der Waals surface area contributed by atoms with Crippen LogP contribution >= 0.6 is 43.5 Å². The van der Waals surface area contributed by atoms with Crippen molar-refractivity contribution in [3.63, 3.8) is 0 Å². The smallest absolute Gasteiger partial charge is 0.513 e. The van der Waals surface area contributed by atoms with E-state index in [0.717, 1.165) is 31.4 Å². The number of hydrogen-bond acceptors (Lipinski definition) is 10. The first-order valence-electron chi connectivity index (χ1n) is 14.7. The maximum absolute atomic E-state index is 12.0. The molecule has 2 aromatic rings. The molecule has 0 amide bonds. The molecule has 0 atom stereocenters. The monoisotopic (exact) mass is 827 g/mol. The number of guanidine groups is 1. The van der Waals surface area contributed by atoms with E-state index in [9.17, 15) is 10.1 Å². The van der Waals surface area contributed by atoms with E-state index in [1.807, 2.05) is 18.3 Å². The Hall–Kier alpha value is -2.42. The summed E-state index contributed by atoms with van der Waals surface area (Å²) in [6.07, 6.45) is 8.26. The molecule has 0 bridgehead atoms.